The van der Waals surface area contributed by atoms with Crippen LogP contribution in [0.2, 0.25) is 0 Å². The van der Waals surface area contributed by atoms with Crippen molar-refractivity contribution < 1.29 is 19.2 Å². The molecule has 0 atom stereocenters. The molecule has 0 amide bonds. The fraction of sp³-hybridized carbons (Fsp3) is 0.240. The van der Waals surface area contributed by atoms with Crippen molar-refractivity contribution in [2.24, 2.45) is 0 Å². The number of nitro groups is 1. The molecule has 0 aromatic heterocycles. The monoisotopic (exact) mass is 417 g/mol. The maximum Gasteiger partial charge on any atom is 0.273 e. The Bertz CT molecular complexity index is 1150. The summed E-state index contributed by atoms with van der Waals surface area (Å²) in [6.45, 7) is 3.66. The van der Waals surface area contributed by atoms with Crippen molar-refractivity contribution in [3.05, 3.63) is 92.5 Å². The van der Waals surface area contributed by atoms with E-state index in [-0.39, 0.29) is 16.4 Å². The lowest BCUT2D eigenvalue weighted by Crippen LogP contribution is -2.03. The maximum atomic E-state index is 12.2. The molecule has 0 unspecified atom stereocenters. The molecule has 158 valence electrons. The standard InChI is InChI=1S/C25H23NO5/c1-16-13-23(26(28)29)20-9-6-10-21(20)25(16)31-19-11-12-24(22(14-19)17(2)27)30-15-18-7-4-3-5-8-18/h3-5,7-8,11-14H,6,9-10,15H2,1-2H3. The number of carbonyl (C=O) groups is 1. The third-order valence-electron chi connectivity index (χ3n) is 5.50. The number of fused-ring (bicyclic) bond motifs is 1. The molecule has 0 saturated carbocycles. The van der Waals surface area contributed by atoms with Crippen LogP contribution in [0.5, 0.6) is 17.2 Å². The van der Waals surface area contributed by atoms with Gasteiger partial charge in [0.2, 0.25) is 0 Å². The molecule has 6 nitrogen and oxygen atoms in total. The second-order valence-corrected chi connectivity index (χ2v) is 7.70. The number of hydrogen-bond donors (Lipinski definition) is 0. The topological polar surface area (TPSA) is 78.7 Å². The Morgan fingerprint density at radius 2 is 1.81 bits per heavy atom. The summed E-state index contributed by atoms with van der Waals surface area (Å²) in [6, 6.07) is 16.5. The third kappa shape index (κ3) is 4.28. The SMILES string of the molecule is CC(=O)c1cc(Oc2c(C)cc([N+](=O)[O-])c3c2CCC3)ccc1OCc1ccccc1. The first-order chi connectivity index (χ1) is 14.9. The molecule has 0 bridgehead atoms. The average Bonchev–Trinajstić information content (AvgIpc) is 3.24. The van der Waals surface area contributed by atoms with Gasteiger partial charge in [0.1, 0.15) is 23.9 Å². The molecule has 3 aromatic carbocycles. The Morgan fingerprint density at radius 3 is 2.52 bits per heavy atom. The van der Waals surface area contributed by atoms with Crippen molar-refractivity contribution in [2.45, 2.75) is 39.7 Å². The number of nitro benzene ring substituents is 1. The van der Waals surface area contributed by atoms with Crippen LogP contribution in [0.4, 0.5) is 5.69 Å². The summed E-state index contributed by atoms with van der Waals surface area (Å²) in [7, 11) is 0. The molecular formula is C25H23NO5. The van der Waals surface area contributed by atoms with Crippen LogP contribution >= 0.6 is 0 Å². The molecule has 1 aliphatic rings. The van der Waals surface area contributed by atoms with E-state index in [9.17, 15) is 14.9 Å². The van der Waals surface area contributed by atoms with Gasteiger partial charge in [-0.2, -0.15) is 0 Å². The predicted molar refractivity (Wildman–Crippen MR) is 117 cm³/mol. The summed E-state index contributed by atoms with van der Waals surface area (Å²) in [5.74, 6) is 1.52. The molecule has 31 heavy (non-hydrogen) atoms. The van der Waals surface area contributed by atoms with Crippen molar-refractivity contribution in [3.63, 3.8) is 0 Å². The molecular weight excluding hydrogens is 394 g/mol. The highest BCUT2D eigenvalue weighted by Crippen LogP contribution is 2.42. The second-order valence-electron chi connectivity index (χ2n) is 7.70. The van der Waals surface area contributed by atoms with E-state index in [1.165, 1.54) is 6.92 Å². The Hall–Kier alpha value is -3.67. The van der Waals surface area contributed by atoms with E-state index in [0.717, 1.165) is 29.5 Å². The van der Waals surface area contributed by atoms with Gasteiger partial charge in [0.05, 0.1) is 10.5 Å². The minimum atomic E-state index is -0.326. The lowest BCUT2D eigenvalue weighted by atomic mass is 10.0. The average molecular weight is 417 g/mol. The fourth-order valence-electron chi connectivity index (χ4n) is 4.00. The number of Topliss-reactive ketones (excluding diaryl/α,β-unsaturated/α-hetero) is 1. The lowest BCUT2D eigenvalue weighted by molar-refractivity contribution is -0.385. The van der Waals surface area contributed by atoms with Gasteiger partial charge in [0.15, 0.2) is 5.78 Å². The number of ether oxygens (including phenoxy) is 2. The summed E-state index contributed by atoms with van der Waals surface area (Å²) in [4.78, 5) is 23.3. The summed E-state index contributed by atoms with van der Waals surface area (Å²) in [5, 5.41) is 11.4. The third-order valence-corrected chi connectivity index (χ3v) is 5.50. The van der Waals surface area contributed by atoms with E-state index in [4.69, 9.17) is 9.47 Å². The minimum Gasteiger partial charge on any atom is -0.488 e. The maximum absolute atomic E-state index is 12.2. The second kappa shape index (κ2) is 8.60. The minimum absolute atomic E-state index is 0.126. The molecule has 0 saturated heterocycles. The van der Waals surface area contributed by atoms with Crippen LogP contribution in [0, 0.1) is 17.0 Å². The highest BCUT2D eigenvalue weighted by Gasteiger charge is 2.27. The number of carbonyl (C=O) groups excluding carboxylic acids is 1. The number of ketones is 1. The van der Waals surface area contributed by atoms with Crippen LogP contribution in [0.1, 0.15) is 46.0 Å². The zero-order valence-corrected chi connectivity index (χ0v) is 17.5. The molecule has 1 aliphatic carbocycles. The summed E-state index contributed by atoms with van der Waals surface area (Å²) >= 11 is 0. The van der Waals surface area contributed by atoms with E-state index in [1.807, 2.05) is 37.3 Å². The predicted octanol–water partition coefficient (Wildman–Crippen LogP) is 5.97. The Balaban J connectivity index is 1.63. The zero-order valence-electron chi connectivity index (χ0n) is 17.5. The molecule has 0 heterocycles. The molecule has 0 radical (unpaired) electrons. The van der Waals surface area contributed by atoms with Crippen LogP contribution in [-0.2, 0) is 19.4 Å². The molecule has 0 fully saturated rings. The van der Waals surface area contributed by atoms with Gasteiger partial charge in [0, 0.05) is 17.2 Å². The van der Waals surface area contributed by atoms with Crippen molar-refractivity contribution in [2.75, 3.05) is 0 Å². The van der Waals surface area contributed by atoms with Gasteiger partial charge in [-0.3, -0.25) is 14.9 Å². The first-order valence-electron chi connectivity index (χ1n) is 10.2. The van der Waals surface area contributed by atoms with E-state index in [2.05, 4.69) is 0 Å². The lowest BCUT2D eigenvalue weighted by Gasteiger charge is -2.16. The van der Waals surface area contributed by atoms with E-state index >= 15 is 0 Å². The van der Waals surface area contributed by atoms with Gasteiger partial charge in [-0.15, -0.1) is 0 Å². The number of hydrogen-bond acceptors (Lipinski definition) is 5. The van der Waals surface area contributed by atoms with Crippen LogP contribution in [-0.4, -0.2) is 10.7 Å². The fourth-order valence-corrected chi connectivity index (χ4v) is 4.00. The Kier molecular flexibility index (Phi) is 5.71. The molecule has 0 N–H and O–H groups in total. The molecule has 6 heteroatoms. The van der Waals surface area contributed by atoms with Crippen molar-refractivity contribution in [3.8, 4) is 17.2 Å². The molecule has 3 aromatic rings. The smallest absolute Gasteiger partial charge is 0.273 e. The summed E-state index contributed by atoms with van der Waals surface area (Å²) in [5.41, 5.74) is 3.95. The Morgan fingerprint density at radius 1 is 1.06 bits per heavy atom. The van der Waals surface area contributed by atoms with Crippen LogP contribution in [0.15, 0.2) is 54.6 Å². The van der Waals surface area contributed by atoms with Gasteiger partial charge in [-0.1, -0.05) is 30.3 Å². The van der Waals surface area contributed by atoms with E-state index in [0.29, 0.717) is 41.4 Å². The Labute approximate surface area is 180 Å². The number of benzene rings is 3. The van der Waals surface area contributed by atoms with Crippen molar-refractivity contribution >= 4 is 11.5 Å². The number of rotatable bonds is 7. The highest BCUT2D eigenvalue weighted by atomic mass is 16.6. The normalized spacial score (nSPS) is 12.3. The van der Waals surface area contributed by atoms with Crippen LogP contribution in [0.3, 0.4) is 0 Å². The quantitative estimate of drug-likeness (QED) is 0.269. The highest BCUT2D eigenvalue weighted by molar-refractivity contribution is 5.97. The first-order valence-corrected chi connectivity index (χ1v) is 10.2. The first kappa shape index (κ1) is 20.6. The zero-order chi connectivity index (χ0) is 22.0. The number of aryl methyl sites for hydroxylation is 1. The van der Waals surface area contributed by atoms with Gasteiger partial charge >= 0.3 is 0 Å². The van der Waals surface area contributed by atoms with Crippen LogP contribution in [0.25, 0.3) is 0 Å². The van der Waals surface area contributed by atoms with Gasteiger partial charge < -0.3 is 9.47 Å². The van der Waals surface area contributed by atoms with E-state index in [1.54, 1.807) is 24.3 Å². The van der Waals surface area contributed by atoms with Crippen molar-refractivity contribution in [1.82, 2.24) is 0 Å². The largest absolute Gasteiger partial charge is 0.488 e. The molecule has 0 aliphatic heterocycles. The van der Waals surface area contributed by atoms with E-state index < -0.39 is 0 Å². The summed E-state index contributed by atoms with van der Waals surface area (Å²) in [6.07, 6.45) is 2.28. The molecule has 0 spiro atoms. The molecule has 4 rings (SSSR count). The van der Waals surface area contributed by atoms with Gasteiger partial charge in [-0.25, -0.2) is 0 Å². The van der Waals surface area contributed by atoms with Crippen molar-refractivity contribution in [1.29, 1.82) is 0 Å². The van der Waals surface area contributed by atoms with Gasteiger partial charge in [-0.05, 0) is 62.4 Å². The summed E-state index contributed by atoms with van der Waals surface area (Å²) < 4.78 is 12.0. The number of nitrogens with zero attached hydrogens (tertiary/aromatic N) is 1. The van der Waals surface area contributed by atoms with Gasteiger partial charge in [0.25, 0.3) is 5.69 Å². The van der Waals surface area contributed by atoms with Crippen LogP contribution < -0.4 is 9.47 Å².